The minimum Gasteiger partial charge on any atom is -0.333 e. The number of rotatable bonds is 8. The van der Waals surface area contributed by atoms with Crippen LogP contribution in [0.5, 0.6) is 0 Å². The van der Waals surface area contributed by atoms with E-state index < -0.39 is 6.15 Å². The summed E-state index contributed by atoms with van der Waals surface area (Å²) in [6.07, 6.45) is 7.14. The molecule has 28 heavy (non-hydrogen) atoms. The van der Waals surface area contributed by atoms with Gasteiger partial charge in [0, 0.05) is 0 Å². The summed E-state index contributed by atoms with van der Waals surface area (Å²) in [5, 5.41) is 0. The molecule has 0 radical (unpaired) electrons. The maximum Gasteiger partial charge on any atom is 0.0675 e. The molecule has 0 aliphatic rings. The average molecular weight is 381 g/mol. The summed E-state index contributed by atoms with van der Waals surface area (Å²) in [7, 11) is 8.50. The molecule has 0 heterocycles. The van der Waals surface area contributed by atoms with Crippen molar-refractivity contribution in [1.82, 2.24) is 0 Å². The lowest BCUT2D eigenvalue weighted by molar-refractivity contribution is -0.849. The summed E-state index contributed by atoms with van der Waals surface area (Å²) < 4.78 is 1.00. The second-order valence-corrected chi connectivity index (χ2v) is 10.0. The lowest BCUT2D eigenvalue weighted by Gasteiger charge is -2.42. The van der Waals surface area contributed by atoms with Crippen LogP contribution < -0.4 is 10.9 Å². The molecule has 1 nitrogen and oxygen atoms in total. The van der Waals surface area contributed by atoms with Crippen molar-refractivity contribution in [1.29, 1.82) is 0 Å². The number of unbranched alkanes of at least 4 members (excludes halogenated alkanes) is 2. The summed E-state index contributed by atoms with van der Waals surface area (Å²) in [6, 6.07) is 18.7. The third-order valence-electron chi connectivity index (χ3n) is 5.53. The van der Waals surface area contributed by atoms with Crippen LogP contribution in [0.3, 0.4) is 0 Å². The Morgan fingerprint density at radius 2 is 0.893 bits per heavy atom. The number of quaternary nitrogens is 1. The first kappa shape index (κ1) is 24.5. The lowest BCUT2D eigenvalue weighted by Crippen LogP contribution is -2.58. The van der Waals surface area contributed by atoms with Crippen molar-refractivity contribution < 1.29 is 4.48 Å². The predicted molar refractivity (Wildman–Crippen MR) is 131 cm³/mol. The van der Waals surface area contributed by atoms with Crippen molar-refractivity contribution in [3.05, 3.63) is 59.7 Å². The molecule has 156 valence electrons. The lowest BCUT2D eigenvalue weighted by atomic mass is 9.15. The van der Waals surface area contributed by atoms with Crippen molar-refractivity contribution in [2.45, 2.75) is 66.0 Å². The highest BCUT2D eigenvalue weighted by molar-refractivity contribution is 7.02. The molecule has 0 aliphatic carbocycles. The Balaban J connectivity index is 0.000000696. The zero-order valence-electron chi connectivity index (χ0n) is 19.9. The molecule has 2 heteroatoms. The molecule has 0 aliphatic heterocycles. The highest BCUT2D eigenvalue weighted by atomic mass is 15.2. The van der Waals surface area contributed by atoms with Gasteiger partial charge in [-0.3, -0.25) is 0 Å². The monoisotopic (exact) mass is 381 g/mol. The average Bonchev–Trinajstić information content (AvgIpc) is 2.63. The highest BCUT2D eigenvalue weighted by Gasteiger charge is 2.26. The molecule has 2 aromatic carbocycles. The van der Waals surface area contributed by atoms with E-state index in [-0.39, 0.29) is 0 Å². The maximum atomic E-state index is 2.39. The number of nitrogens with zero attached hydrogens (tertiary/aromatic N) is 1. The third-order valence-corrected chi connectivity index (χ3v) is 5.53. The van der Waals surface area contributed by atoms with Crippen LogP contribution in [0, 0.1) is 13.8 Å². The second kappa shape index (κ2) is 11.5. The normalized spacial score (nSPS) is 11.7. The Hall–Kier alpha value is -1.54. The molecular weight excluding hydrogens is 337 g/mol. The Morgan fingerprint density at radius 1 is 0.607 bits per heavy atom. The van der Waals surface area contributed by atoms with E-state index in [1.807, 2.05) is 0 Å². The minimum atomic E-state index is -0.640. The van der Waals surface area contributed by atoms with Crippen LogP contribution in [0.2, 0.25) is 12.6 Å². The third kappa shape index (κ3) is 8.23. The van der Waals surface area contributed by atoms with Gasteiger partial charge >= 0.3 is 0 Å². The number of benzene rings is 2. The molecular formula is C26H44BN. The van der Waals surface area contributed by atoms with Gasteiger partial charge in [-0.05, 0) is 13.8 Å². The molecule has 0 atom stereocenters. The molecule has 0 saturated carbocycles. The van der Waals surface area contributed by atoms with E-state index in [1.165, 1.54) is 49.5 Å². The van der Waals surface area contributed by atoms with Crippen molar-refractivity contribution in [2.24, 2.45) is 0 Å². The molecule has 0 unspecified atom stereocenters. The van der Waals surface area contributed by atoms with Gasteiger partial charge < -0.3 is 4.48 Å². The van der Waals surface area contributed by atoms with Gasteiger partial charge in [0.05, 0.1) is 34.3 Å². The van der Waals surface area contributed by atoms with Crippen molar-refractivity contribution in [2.75, 3.05) is 28.2 Å². The largest absolute Gasteiger partial charge is 0.333 e. The van der Waals surface area contributed by atoms with E-state index in [9.17, 15) is 0 Å². The zero-order chi connectivity index (χ0) is 21.2. The van der Waals surface area contributed by atoms with E-state index in [4.69, 9.17) is 0 Å². The number of hydrogen-bond donors (Lipinski definition) is 0. The van der Waals surface area contributed by atoms with E-state index in [1.54, 1.807) is 10.9 Å². The SMILES string of the molecule is CCCC[B-](CCCC)(c1ccc(C)cc1)c1ccc(C)cc1.C[N+](C)(C)C. The molecule has 0 fully saturated rings. The van der Waals surface area contributed by atoms with Gasteiger partial charge in [-0.1, -0.05) is 99.2 Å². The Kier molecular flexibility index (Phi) is 10.0. The topological polar surface area (TPSA) is 0 Å². The van der Waals surface area contributed by atoms with E-state index in [0.717, 1.165) is 4.48 Å². The minimum absolute atomic E-state index is 0.640. The van der Waals surface area contributed by atoms with Crippen LogP contribution in [0.1, 0.15) is 50.7 Å². The smallest absolute Gasteiger partial charge is 0.0675 e. The second-order valence-electron chi connectivity index (χ2n) is 10.0. The molecule has 2 rings (SSSR count). The van der Waals surface area contributed by atoms with E-state index in [2.05, 4.69) is 104 Å². The summed E-state index contributed by atoms with van der Waals surface area (Å²) in [4.78, 5) is 0. The first-order chi connectivity index (χ1) is 13.1. The van der Waals surface area contributed by atoms with Gasteiger partial charge in [0.15, 0.2) is 0 Å². The zero-order valence-corrected chi connectivity index (χ0v) is 19.9. The highest BCUT2D eigenvalue weighted by Crippen LogP contribution is 2.23. The fraction of sp³-hybridized carbons (Fsp3) is 0.538. The summed E-state index contributed by atoms with van der Waals surface area (Å²) in [5.74, 6) is 0. The number of aryl methyl sites for hydroxylation is 2. The van der Waals surface area contributed by atoms with Gasteiger partial charge in [-0.2, -0.15) is 12.6 Å². The van der Waals surface area contributed by atoms with Crippen molar-refractivity contribution in [3.63, 3.8) is 0 Å². The van der Waals surface area contributed by atoms with Crippen LogP contribution >= 0.6 is 0 Å². The maximum absolute atomic E-state index is 2.39. The van der Waals surface area contributed by atoms with Crippen LogP contribution in [-0.2, 0) is 0 Å². The Bertz CT molecular complexity index is 604. The van der Waals surface area contributed by atoms with Crippen LogP contribution in [0.25, 0.3) is 0 Å². The number of hydrogen-bond acceptors (Lipinski definition) is 0. The van der Waals surface area contributed by atoms with Gasteiger partial charge in [-0.15, -0.1) is 0 Å². The molecule has 0 aromatic heterocycles. The Morgan fingerprint density at radius 3 is 1.14 bits per heavy atom. The van der Waals surface area contributed by atoms with Crippen LogP contribution in [0.15, 0.2) is 48.5 Å². The van der Waals surface area contributed by atoms with E-state index in [0.29, 0.717) is 0 Å². The Labute approximate surface area is 175 Å². The molecule has 0 amide bonds. The van der Waals surface area contributed by atoms with Gasteiger partial charge in [-0.25, -0.2) is 10.9 Å². The van der Waals surface area contributed by atoms with Crippen molar-refractivity contribution >= 4 is 17.1 Å². The van der Waals surface area contributed by atoms with Gasteiger partial charge in [0.1, 0.15) is 0 Å². The van der Waals surface area contributed by atoms with Gasteiger partial charge in [0.25, 0.3) is 0 Å². The first-order valence-corrected chi connectivity index (χ1v) is 11.2. The quantitative estimate of drug-likeness (QED) is 0.401. The summed E-state index contributed by atoms with van der Waals surface area (Å²) >= 11 is 0. The van der Waals surface area contributed by atoms with E-state index >= 15 is 0 Å². The first-order valence-electron chi connectivity index (χ1n) is 11.2. The molecule has 0 N–H and O–H groups in total. The van der Waals surface area contributed by atoms with Crippen molar-refractivity contribution in [3.8, 4) is 0 Å². The standard InChI is InChI=1S/C22H32B.C4H12N/c1-5-7-17-23(18-8-6-2,21-13-9-19(3)10-14-21)22-15-11-20(4)12-16-22;1-5(2,3)4/h9-16H,5-8,17-18H2,1-4H3;1-4H3/q-1;+1. The molecule has 0 saturated heterocycles. The fourth-order valence-corrected chi connectivity index (χ4v) is 3.98. The van der Waals surface area contributed by atoms with Gasteiger partial charge in [0.2, 0.25) is 0 Å². The fourth-order valence-electron chi connectivity index (χ4n) is 3.98. The predicted octanol–water partition coefficient (Wildman–Crippen LogP) is 5.79. The summed E-state index contributed by atoms with van der Waals surface area (Å²) in [6.45, 7) is 8.99. The molecule has 0 bridgehead atoms. The van der Waals surface area contributed by atoms with Crippen LogP contribution in [0.4, 0.5) is 0 Å². The summed E-state index contributed by atoms with van der Waals surface area (Å²) in [5.41, 5.74) is 5.82. The molecule has 0 spiro atoms. The molecule has 2 aromatic rings. The van der Waals surface area contributed by atoms with Crippen LogP contribution in [-0.4, -0.2) is 38.8 Å².